The summed E-state index contributed by atoms with van der Waals surface area (Å²) >= 11 is 0. The maximum atomic E-state index is 9.06. The molecule has 0 bridgehead atoms. The van der Waals surface area contributed by atoms with Gasteiger partial charge >= 0.3 is 0 Å². The lowest BCUT2D eigenvalue weighted by Gasteiger charge is -1.59. The van der Waals surface area contributed by atoms with Crippen LogP contribution in [0.1, 0.15) is 6.92 Å². The van der Waals surface area contributed by atoms with Gasteiger partial charge in [-0.1, -0.05) is 6.58 Å². The van der Waals surface area contributed by atoms with E-state index < -0.39 is 5.97 Å². The summed E-state index contributed by atoms with van der Waals surface area (Å²) in [6.45, 7) is 4.19. The van der Waals surface area contributed by atoms with E-state index in [4.69, 9.17) is 14.7 Å². The summed E-state index contributed by atoms with van der Waals surface area (Å²) < 4.78 is 0. The summed E-state index contributed by atoms with van der Waals surface area (Å²) in [5.74, 6) is -0.833. The molecule has 0 fully saturated rings. The summed E-state index contributed by atoms with van der Waals surface area (Å²) in [5.41, 5.74) is 0. The monoisotopic (exact) mass is 116 g/mol. The van der Waals surface area contributed by atoms with E-state index in [1.165, 1.54) is 6.08 Å². The first-order chi connectivity index (χ1) is 3.65. The van der Waals surface area contributed by atoms with Gasteiger partial charge in [0.25, 0.3) is 5.97 Å². The molecule has 0 unspecified atom stereocenters. The van der Waals surface area contributed by atoms with Crippen LogP contribution in [0.3, 0.4) is 0 Å². The lowest BCUT2D eigenvalue weighted by Crippen LogP contribution is -1.78. The van der Waals surface area contributed by atoms with Crippen LogP contribution in [0.2, 0.25) is 0 Å². The van der Waals surface area contributed by atoms with Crippen LogP contribution < -0.4 is 0 Å². The second-order valence-corrected chi connectivity index (χ2v) is 0.891. The Morgan fingerprint density at radius 2 is 1.88 bits per heavy atom. The predicted molar refractivity (Wildman–Crippen MR) is 29.6 cm³/mol. The van der Waals surface area contributed by atoms with Crippen molar-refractivity contribution in [1.29, 1.82) is 0 Å². The number of carboxylic acid groups (broad SMARTS) is 1. The molecule has 0 saturated carbocycles. The van der Waals surface area contributed by atoms with Gasteiger partial charge in [0.2, 0.25) is 0 Å². The number of aldehydes is 1. The molecule has 0 aromatic carbocycles. The fourth-order valence-corrected chi connectivity index (χ4v) is 0. The summed E-state index contributed by atoms with van der Waals surface area (Å²) in [4.78, 5) is 18.1. The lowest BCUT2D eigenvalue weighted by molar-refractivity contribution is -0.134. The van der Waals surface area contributed by atoms with Gasteiger partial charge in [0.05, 0.1) is 0 Å². The fraction of sp³-hybridized carbons (Fsp3) is 0.200. The average molecular weight is 116 g/mol. The van der Waals surface area contributed by atoms with E-state index in [0.717, 1.165) is 6.92 Å². The topological polar surface area (TPSA) is 54.4 Å². The fourth-order valence-electron chi connectivity index (χ4n) is 0. The van der Waals surface area contributed by atoms with E-state index in [-0.39, 0.29) is 0 Å². The van der Waals surface area contributed by atoms with Crippen molar-refractivity contribution in [3.05, 3.63) is 12.7 Å². The highest BCUT2D eigenvalue weighted by Crippen LogP contribution is 1.42. The molecular weight excluding hydrogens is 108 g/mol. The Labute approximate surface area is 47.6 Å². The van der Waals surface area contributed by atoms with Crippen molar-refractivity contribution in [3.63, 3.8) is 0 Å². The zero-order chi connectivity index (χ0) is 6.99. The largest absolute Gasteiger partial charge is 0.481 e. The molecule has 0 radical (unpaired) electrons. The quantitative estimate of drug-likeness (QED) is 0.400. The first-order valence-corrected chi connectivity index (χ1v) is 1.91. The Morgan fingerprint density at radius 3 is 1.88 bits per heavy atom. The van der Waals surface area contributed by atoms with Crippen LogP contribution in [0.4, 0.5) is 0 Å². The molecule has 8 heavy (non-hydrogen) atoms. The molecule has 0 aliphatic carbocycles. The van der Waals surface area contributed by atoms with E-state index in [0.29, 0.717) is 6.29 Å². The van der Waals surface area contributed by atoms with Crippen LogP contribution in [0.5, 0.6) is 0 Å². The Bertz CT molecular complexity index is 75.7. The summed E-state index contributed by atoms with van der Waals surface area (Å²) in [6, 6.07) is 0. The van der Waals surface area contributed by atoms with Gasteiger partial charge in [0.1, 0.15) is 6.29 Å². The Kier molecular flexibility index (Phi) is 11.6. The van der Waals surface area contributed by atoms with E-state index in [1.807, 2.05) is 0 Å². The highest BCUT2D eigenvalue weighted by Gasteiger charge is 1.65. The van der Waals surface area contributed by atoms with Crippen molar-refractivity contribution in [2.45, 2.75) is 6.92 Å². The first kappa shape index (κ1) is 9.99. The molecule has 1 N–H and O–H groups in total. The van der Waals surface area contributed by atoms with Gasteiger partial charge in [-0.3, -0.25) is 9.59 Å². The standard InChI is InChI=1S/C3H4O.C2H4O2/c1-2-3-4;1-2(3)4/h2-3H,1H2;1H3,(H,3,4). The molecule has 0 saturated heterocycles. The van der Waals surface area contributed by atoms with Gasteiger partial charge in [-0.25, -0.2) is 0 Å². The van der Waals surface area contributed by atoms with Crippen molar-refractivity contribution in [3.8, 4) is 0 Å². The van der Waals surface area contributed by atoms with Crippen molar-refractivity contribution >= 4 is 12.3 Å². The predicted octanol–water partition coefficient (Wildman–Crippen LogP) is 0.462. The molecule has 3 nitrogen and oxygen atoms in total. The Morgan fingerprint density at radius 1 is 1.75 bits per heavy atom. The third kappa shape index (κ3) is 5100. The highest BCUT2D eigenvalue weighted by atomic mass is 16.4. The average Bonchev–Trinajstić information content (AvgIpc) is 1.65. The normalized spacial score (nSPS) is 5.62. The molecule has 0 heterocycles. The molecule has 0 aliphatic rings. The smallest absolute Gasteiger partial charge is 0.300 e. The van der Waals surface area contributed by atoms with Gasteiger partial charge < -0.3 is 5.11 Å². The van der Waals surface area contributed by atoms with Crippen LogP contribution in [0.15, 0.2) is 12.7 Å². The first-order valence-electron chi connectivity index (χ1n) is 1.91. The van der Waals surface area contributed by atoms with Crippen molar-refractivity contribution in [2.75, 3.05) is 0 Å². The summed E-state index contributed by atoms with van der Waals surface area (Å²) in [6.07, 6.45) is 1.83. The van der Waals surface area contributed by atoms with Crippen LogP contribution in [-0.4, -0.2) is 17.4 Å². The molecular formula is C5H8O3. The van der Waals surface area contributed by atoms with Crippen LogP contribution in [0, 0.1) is 0 Å². The minimum Gasteiger partial charge on any atom is -0.481 e. The van der Waals surface area contributed by atoms with Gasteiger partial charge in [0.15, 0.2) is 0 Å². The zero-order valence-corrected chi connectivity index (χ0v) is 4.63. The molecule has 46 valence electrons. The minimum absolute atomic E-state index is 0.639. The molecule has 0 aromatic heterocycles. The zero-order valence-electron chi connectivity index (χ0n) is 4.63. The summed E-state index contributed by atoms with van der Waals surface area (Å²) in [7, 11) is 0. The minimum atomic E-state index is -0.833. The number of carbonyl (C=O) groups is 2. The second-order valence-electron chi connectivity index (χ2n) is 0.891. The van der Waals surface area contributed by atoms with E-state index >= 15 is 0 Å². The van der Waals surface area contributed by atoms with Gasteiger partial charge in [-0.05, 0) is 6.08 Å². The SMILES string of the molecule is C=CC=O.CC(=O)O. The molecule has 0 amide bonds. The molecule has 0 atom stereocenters. The van der Waals surface area contributed by atoms with Crippen LogP contribution in [-0.2, 0) is 9.59 Å². The van der Waals surface area contributed by atoms with Gasteiger partial charge in [-0.15, -0.1) is 0 Å². The number of hydrogen-bond acceptors (Lipinski definition) is 2. The van der Waals surface area contributed by atoms with E-state index in [2.05, 4.69) is 6.58 Å². The van der Waals surface area contributed by atoms with Gasteiger partial charge in [0, 0.05) is 6.92 Å². The molecule has 0 aromatic rings. The maximum absolute atomic E-state index is 9.06. The van der Waals surface area contributed by atoms with Crippen LogP contribution in [0.25, 0.3) is 0 Å². The van der Waals surface area contributed by atoms with Crippen molar-refractivity contribution in [2.24, 2.45) is 0 Å². The van der Waals surface area contributed by atoms with Crippen LogP contribution >= 0.6 is 0 Å². The van der Waals surface area contributed by atoms with Crippen molar-refractivity contribution < 1.29 is 14.7 Å². The second kappa shape index (κ2) is 9.30. The third-order valence-electron chi connectivity index (χ3n) is 0.0962. The maximum Gasteiger partial charge on any atom is 0.300 e. The lowest BCUT2D eigenvalue weighted by atomic mass is 10.8. The number of rotatable bonds is 1. The van der Waals surface area contributed by atoms with E-state index in [1.54, 1.807) is 0 Å². The summed E-state index contributed by atoms with van der Waals surface area (Å²) in [5, 5.41) is 7.42. The Balaban J connectivity index is 0. The van der Waals surface area contributed by atoms with Crippen molar-refractivity contribution in [1.82, 2.24) is 0 Å². The molecule has 0 rings (SSSR count). The Hall–Kier alpha value is -1.12. The third-order valence-corrected chi connectivity index (χ3v) is 0.0962. The number of allylic oxidation sites excluding steroid dienone is 1. The number of aliphatic carboxylic acids is 1. The molecule has 3 heteroatoms. The molecule has 0 aliphatic heterocycles. The number of carbonyl (C=O) groups excluding carboxylic acids is 1. The molecule has 0 spiro atoms. The number of hydrogen-bond donors (Lipinski definition) is 1. The highest BCUT2D eigenvalue weighted by molar-refractivity contribution is 5.63. The van der Waals surface area contributed by atoms with Gasteiger partial charge in [-0.2, -0.15) is 0 Å². The van der Waals surface area contributed by atoms with E-state index in [9.17, 15) is 0 Å². The number of carboxylic acids is 1.